The van der Waals surface area contributed by atoms with E-state index < -0.39 is 0 Å². The zero-order valence-electron chi connectivity index (χ0n) is 12.0. The van der Waals surface area contributed by atoms with Gasteiger partial charge in [0, 0.05) is 6.04 Å². The van der Waals surface area contributed by atoms with Crippen molar-refractivity contribution in [1.82, 2.24) is 5.32 Å². The minimum absolute atomic E-state index is 0.451. The molecule has 3 atom stereocenters. The molecule has 1 N–H and O–H groups in total. The van der Waals surface area contributed by atoms with Crippen LogP contribution in [0.15, 0.2) is 0 Å². The Kier molecular flexibility index (Phi) is 5.30. The van der Waals surface area contributed by atoms with Crippen LogP contribution in [0.4, 0.5) is 0 Å². The van der Waals surface area contributed by atoms with Crippen molar-refractivity contribution in [3.8, 4) is 0 Å². The normalized spacial score (nSPS) is 34.7. The lowest BCUT2D eigenvalue weighted by Crippen LogP contribution is -2.43. The monoisotopic (exact) mass is 225 g/mol. The first kappa shape index (κ1) is 14.0. The summed E-state index contributed by atoms with van der Waals surface area (Å²) in [4.78, 5) is 0. The maximum atomic E-state index is 3.71. The summed E-state index contributed by atoms with van der Waals surface area (Å²) in [5.41, 5.74) is 0.451. The lowest BCUT2D eigenvalue weighted by atomic mass is 9.65. The molecule has 0 amide bonds. The molecule has 1 heteroatoms. The van der Waals surface area contributed by atoms with Crippen molar-refractivity contribution in [1.29, 1.82) is 0 Å². The quantitative estimate of drug-likeness (QED) is 0.755. The molecule has 1 aliphatic rings. The molecule has 1 unspecified atom stereocenters. The van der Waals surface area contributed by atoms with Gasteiger partial charge < -0.3 is 5.32 Å². The number of nitrogens with one attached hydrogen (secondary N) is 1. The smallest absolute Gasteiger partial charge is 0.00926 e. The third kappa shape index (κ3) is 3.00. The van der Waals surface area contributed by atoms with Crippen LogP contribution in [-0.4, -0.2) is 12.6 Å². The molecule has 0 spiro atoms. The van der Waals surface area contributed by atoms with Gasteiger partial charge in [0.15, 0.2) is 0 Å². The zero-order chi connectivity index (χ0) is 12.2. The second-order valence-electron chi connectivity index (χ2n) is 6.20. The zero-order valence-corrected chi connectivity index (χ0v) is 12.0. The third-order valence-corrected chi connectivity index (χ3v) is 5.00. The third-order valence-electron chi connectivity index (χ3n) is 5.00. The predicted molar refractivity (Wildman–Crippen MR) is 72.7 cm³/mol. The number of unbranched alkanes of at least 4 members (excludes halogenated alkanes) is 1. The second kappa shape index (κ2) is 6.05. The van der Waals surface area contributed by atoms with Gasteiger partial charge in [-0.25, -0.2) is 0 Å². The first-order chi connectivity index (χ1) is 7.54. The van der Waals surface area contributed by atoms with Gasteiger partial charge in [-0.05, 0) is 43.6 Å². The van der Waals surface area contributed by atoms with Crippen molar-refractivity contribution >= 4 is 0 Å². The molecule has 1 saturated heterocycles. The van der Waals surface area contributed by atoms with E-state index in [2.05, 4.69) is 39.9 Å². The molecule has 96 valence electrons. The van der Waals surface area contributed by atoms with Gasteiger partial charge in [-0.3, -0.25) is 0 Å². The summed E-state index contributed by atoms with van der Waals surface area (Å²) in [7, 11) is 0. The van der Waals surface area contributed by atoms with Crippen molar-refractivity contribution in [2.45, 2.75) is 72.8 Å². The summed E-state index contributed by atoms with van der Waals surface area (Å²) in [6.45, 7) is 13.2. The second-order valence-corrected chi connectivity index (χ2v) is 6.20. The van der Waals surface area contributed by atoms with Crippen molar-refractivity contribution in [2.24, 2.45) is 17.3 Å². The maximum Gasteiger partial charge on any atom is 0.00926 e. The number of hydrogen-bond acceptors (Lipinski definition) is 1. The fourth-order valence-corrected chi connectivity index (χ4v) is 3.40. The fraction of sp³-hybridized carbons (Fsp3) is 1.00. The Morgan fingerprint density at radius 2 is 1.94 bits per heavy atom. The molecular formula is C15H31N. The Morgan fingerprint density at radius 3 is 2.50 bits per heavy atom. The average molecular weight is 225 g/mol. The Labute approximate surface area is 102 Å². The molecule has 1 heterocycles. The van der Waals surface area contributed by atoms with Gasteiger partial charge >= 0.3 is 0 Å². The molecule has 0 aromatic heterocycles. The highest BCUT2D eigenvalue weighted by Crippen LogP contribution is 2.43. The molecule has 1 nitrogen and oxygen atoms in total. The average Bonchev–Trinajstić information content (AvgIpc) is 2.35. The minimum atomic E-state index is 0.451. The Hall–Kier alpha value is -0.0400. The summed E-state index contributed by atoms with van der Waals surface area (Å²) in [5, 5.41) is 3.71. The summed E-state index contributed by atoms with van der Waals surface area (Å²) in [6, 6.07) is 0.658. The van der Waals surface area contributed by atoms with Gasteiger partial charge in [0.1, 0.15) is 0 Å². The van der Waals surface area contributed by atoms with Gasteiger partial charge in [0.25, 0.3) is 0 Å². The minimum Gasteiger partial charge on any atom is -0.314 e. The van der Waals surface area contributed by atoms with Gasteiger partial charge in [0.2, 0.25) is 0 Å². The topological polar surface area (TPSA) is 12.0 Å². The highest BCUT2D eigenvalue weighted by atomic mass is 14.9. The Balaban J connectivity index is 2.80. The van der Waals surface area contributed by atoms with Crippen LogP contribution in [0.1, 0.15) is 66.7 Å². The van der Waals surface area contributed by atoms with Crippen LogP contribution in [0.25, 0.3) is 0 Å². The van der Waals surface area contributed by atoms with E-state index in [0.717, 1.165) is 11.8 Å². The van der Waals surface area contributed by atoms with Crippen molar-refractivity contribution in [3.63, 3.8) is 0 Å². The largest absolute Gasteiger partial charge is 0.314 e. The maximum absolute atomic E-state index is 3.71. The molecule has 16 heavy (non-hydrogen) atoms. The number of rotatable bonds is 4. The van der Waals surface area contributed by atoms with Crippen LogP contribution in [-0.2, 0) is 0 Å². The highest BCUT2D eigenvalue weighted by Gasteiger charge is 2.39. The number of hydrogen-bond donors (Lipinski definition) is 1. The summed E-state index contributed by atoms with van der Waals surface area (Å²) in [6.07, 6.45) is 6.89. The van der Waals surface area contributed by atoms with Crippen molar-refractivity contribution in [3.05, 3.63) is 0 Å². The summed E-state index contributed by atoms with van der Waals surface area (Å²) >= 11 is 0. The molecule has 1 rings (SSSR count). The molecule has 0 bridgehead atoms. The molecule has 0 radical (unpaired) electrons. The van der Waals surface area contributed by atoms with Crippen LogP contribution in [0.3, 0.4) is 0 Å². The molecule has 1 aliphatic heterocycles. The lowest BCUT2D eigenvalue weighted by Gasteiger charge is -2.41. The van der Waals surface area contributed by atoms with Crippen molar-refractivity contribution in [2.75, 3.05) is 6.54 Å². The molecular weight excluding hydrogens is 194 g/mol. The van der Waals surface area contributed by atoms with Crippen LogP contribution in [0, 0.1) is 17.3 Å². The standard InChI is InChI=1S/C15H31N/c1-6-8-9-14-13(7-2)10-11-16-12(3)15(14,4)5/h12-14,16H,6-11H2,1-5H3/t12?,13-,14-/m1/s1. The fourth-order valence-electron chi connectivity index (χ4n) is 3.40. The van der Waals surface area contributed by atoms with Crippen LogP contribution >= 0.6 is 0 Å². The first-order valence-corrected chi connectivity index (χ1v) is 7.27. The highest BCUT2D eigenvalue weighted by molar-refractivity contribution is 4.93. The van der Waals surface area contributed by atoms with Gasteiger partial charge in [-0.2, -0.15) is 0 Å². The van der Waals surface area contributed by atoms with Crippen LogP contribution in [0.2, 0.25) is 0 Å². The van der Waals surface area contributed by atoms with Crippen LogP contribution < -0.4 is 5.32 Å². The van der Waals surface area contributed by atoms with E-state index in [1.165, 1.54) is 38.6 Å². The van der Waals surface area contributed by atoms with Gasteiger partial charge in [-0.1, -0.05) is 47.0 Å². The first-order valence-electron chi connectivity index (χ1n) is 7.27. The van der Waals surface area contributed by atoms with E-state index >= 15 is 0 Å². The Bertz CT molecular complexity index is 198. The molecule has 0 aromatic rings. The van der Waals surface area contributed by atoms with Crippen LogP contribution in [0.5, 0.6) is 0 Å². The summed E-state index contributed by atoms with van der Waals surface area (Å²) < 4.78 is 0. The molecule has 1 fully saturated rings. The summed E-state index contributed by atoms with van der Waals surface area (Å²) in [5.74, 6) is 1.83. The van der Waals surface area contributed by atoms with Gasteiger partial charge in [0.05, 0.1) is 0 Å². The van der Waals surface area contributed by atoms with E-state index in [0.29, 0.717) is 11.5 Å². The molecule has 0 saturated carbocycles. The molecule has 0 aliphatic carbocycles. The van der Waals surface area contributed by atoms with E-state index in [1.54, 1.807) is 0 Å². The van der Waals surface area contributed by atoms with Gasteiger partial charge in [-0.15, -0.1) is 0 Å². The van der Waals surface area contributed by atoms with E-state index in [9.17, 15) is 0 Å². The Morgan fingerprint density at radius 1 is 1.25 bits per heavy atom. The van der Waals surface area contributed by atoms with Crippen molar-refractivity contribution < 1.29 is 0 Å². The SMILES string of the molecule is CCCC[C@@H]1[C@H](CC)CCNC(C)C1(C)C. The molecule has 0 aromatic carbocycles. The van der Waals surface area contributed by atoms with E-state index in [1.807, 2.05) is 0 Å². The van der Waals surface area contributed by atoms with E-state index in [-0.39, 0.29) is 0 Å². The predicted octanol–water partition coefficient (Wildman–Crippen LogP) is 4.23. The van der Waals surface area contributed by atoms with E-state index in [4.69, 9.17) is 0 Å². The lowest BCUT2D eigenvalue weighted by molar-refractivity contribution is 0.104.